The maximum atomic E-state index is 5.70. The summed E-state index contributed by atoms with van der Waals surface area (Å²) in [6, 6.07) is 0. The third-order valence-corrected chi connectivity index (χ3v) is 3.16. The predicted molar refractivity (Wildman–Crippen MR) is 77.0 cm³/mol. The van der Waals surface area contributed by atoms with Crippen molar-refractivity contribution in [3.05, 3.63) is 16.0 Å². The van der Waals surface area contributed by atoms with E-state index in [1.54, 1.807) is 0 Å². The number of rotatable bonds is 6. The minimum atomic E-state index is 0.223. The summed E-state index contributed by atoms with van der Waals surface area (Å²) >= 11 is 7.89. The average molecular weight is 354 g/mol. The van der Waals surface area contributed by atoms with Crippen LogP contribution in [0.1, 0.15) is 26.7 Å². The quantitative estimate of drug-likeness (QED) is 0.628. The summed E-state index contributed by atoms with van der Waals surface area (Å²) in [5, 5.41) is 3.25. The molecule has 1 heterocycles. The van der Waals surface area contributed by atoms with Gasteiger partial charge in [0.15, 0.2) is 0 Å². The van der Waals surface area contributed by atoms with Gasteiger partial charge in [0, 0.05) is 28.4 Å². The zero-order chi connectivity index (χ0) is 12.0. The van der Waals surface area contributed by atoms with E-state index in [0.29, 0.717) is 5.95 Å². The fraction of sp³-hybridized carbons (Fsp3) is 0.636. The van der Waals surface area contributed by atoms with E-state index in [0.717, 1.165) is 28.8 Å². The predicted octanol–water partition coefficient (Wildman–Crippen LogP) is 3.54. The molecule has 1 N–H and O–H groups in total. The summed E-state index contributed by atoms with van der Waals surface area (Å²) in [7, 11) is 0. The van der Waals surface area contributed by atoms with E-state index in [9.17, 15) is 0 Å². The van der Waals surface area contributed by atoms with Gasteiger partial charge in [0.2, 0.25) is 5.95 Å². The molecule has 0 unspecified atom stereocenters. The van der Waals surface area contributed by atoms with Gasteiger partial charge in [-0.25, -0.2) is 9.97 Å². The van der Waals surface area contributed by atoms with Crippen LogP contribution in [0.2, 0.25) is 0 Å². The molecule has 0 aromatic carbocycles. The summed E-state index contributed by atoms with van der Waals surface area (Å²) in [4.78, 5) is 8.41. The Balaban J connectivity index is 2.41. The molecular formula is C11H17ClIN3. The highest BCUT2D eigenvalue weighted by Crippen LogP contribution is 2.22. The molecule has 0 aliphatic carbocycles. The lowest BCUT2D eigenvalue weighted by atomic mass is 9.88. The van der Waals surface area contributed by atoms with Crippen molar-refractivity contribution in [1.29, 1.82) is 0 Å². The maximum Gasteiger partial charge on any atom is 0.222 e. The summed E-state index contributed by atoms with van der Waals surface area (Å²) in [5.41, 5.74) is 0.223. The average Bonchev–Trinajstić information content (AvgIpc) is 2.26. The van der Waals surface area contributed by atoms with Gasteiger partial charge in [0.1, 0.15) is 0 Å². The lowest BCUT2D eigenvalue weighted by Gasteiger charge is -2.24. The van der Waals surface area contributed by atoms with E-state index in [1.165, 1.54) is 0 Å². The third kappa shape index (κ3) is 5.30. The van der Waals surface area contributed by atoms with E-state index >= 15 is 0 Å². The van der Waals surface area contributed by atoms with Gasteiger partial charge in [0.25, 0.3) is 0 Å². The fourth-order valence-electron chi connectivity index (χ4n) is 1.36. The van der Waals surface area contributed by atoms with Gasteiger partial charge in [-0.2, -0.15) is 0 Å². The smallest absolute Gasteiger partial charge is 0.222 e. The minimum Gasteiger partial charge on any atom is -0.354 e. The molecule has 0 saturated carbocycles. The van der Waals surface area contributed by atoms with Crippen molar-refractivity contribution >= 4 is 40.1 Å². The minimum absolute atomic E-state index is 0.223. The first-order valence-electron chi connectivity index (χ1n) is 5.31. The first kappa shape index (κ1) is 14.0. The third-order valence-electron chi connectivity index (χ3n) is 2.33. The number of hydrogen-bond donors (Lipinski definition) is 1. The van der Waals surface area contributed by atoms with Crippen LogP contribution in [0.3, 0.4) is 0 Å². The molecule has 0 amide bonds. The Morgan fingerprint density at radius 2 is 2.00 bits per heavy atom. The van der Waals surface area contributed by atoms with Crippen LogP contribution >= 0.6 is 34.2 Å². The van der Waals surface area contributed by atoms with Crippen molar-refractivity contribution in [2.45, 2.75) is 26.7 Å². The van der Waals surface area contributed by atoms with Crippen LogP contribution in [0.25, 0.3) is 0 Å². The number of nitrogens with zero attached hydrogens (tertiary/aromatic N) is 2. The number of halogens is 2. The van der Waals surface area contributed by atoms with Gasteiger partial charge in [0.05, 0.1) is 0 Å². The Hall–Kier alpha value is -0.100. The molecular weight excluding hydrogens is 336 g/mol. The maximum absolute atomic E-state index is 5.70. The SMILES string of the molecule is CC(C)(CCCCl)CNc1ncc(I)cn1. The Labute approximate surface area is 116 Å². The summed E-state index contributed by atoms with van der Waals surface area (Å²) in [6.07, 6.45) is 5.76. The summed E-state index contributed by atoms with van der Waals surface area (Å²) in [5.74, 6) is 1.42. The molecule has 0 saturated heterocycles. The van der Waals surface area contributed by atoms with Crippen molar-refractivity contribution in [2.24, 2.45) is 5.41 Å². The van der Waals surface area contributed by atoms with Crippen molar-refractivity contribution in [3.63, 3.8) is 0 Å². The lowest BCUT2D eigenvalue weighted by Crippen LogP contribution is -2.24. The molecule has 0 spiro atoms. The summed E-state index contributed by atoms with van der Waals surface area (Å²) in [6.45, 7) is 5.31. The van der Waals surface area contributed by atoms with Crippen LogP contribution in [0.15, 0.2) is 12.4 Å². The number of nitrogens with one attached hydrogen (secondary N) is 1. The van der Waals surface area contributed by atoms with Crippen LogP contribution in [-0.4, -0.2) is 22.4 Å². The van der Waals surface area contributed by atoms with Crippen molar-refractivity contribution in [3.8, 4) is 0 Å². The molecule has 5 heteroatoms. The van der Waals surface area contributed by atoms with Gasteiger partial charge >= 0.3 is 0 Å². The van der Waals surface area contributed by atoms with Crippen molar-refractivity contribution < 1.29 is 0 Å². The molecule has 3 nitrogen and oxygen atoms in total. The Kier molecular flexibility index (Phi) is 5.75. The first-order valence-corrected chi connectivity index (χ1v) is 6.92. The topological polar surface area (TPSA) is 37.8 Å². The van der Waals surface area contributed by atoms with E-state index < -0.39 is 0 Å². The molecule has 0 fully saturated rings. The van der Waals surface area contributed by atoms with E-state index in [2.05, 4.69) is 51.7 Å². The largest absolute Gasteiger partial charge is 0.354 e. The molecule has 16 heavy (non-hydrogen) atoms. The summed E-state index contributed by atoms with van der Waals surface area (Å²) < 4.78 is 1.05. The van der Waals surface area contributed by atoms with Gasteiger partial charge < -0.3 is 5.32 Å². The Bertz CT molecular complexity index is 314. The standard InChI is InChI=1S/C11H17ClIN3/c1-11(2,4-3-5-12)8-16-10-14-6-9(13)7-15-10/h6-7H,3-5,8H2,1-2H3,(H,14,15,16). The highest BCUT2D eigenvalue weighted by atomic mass is 127. The highest BCUT2D eigenvalue weighted by Gasteiger charge is 2.17. The van der Waals surface area contributed by atoms with Gasteiger partial charge in [-0.1, -0.05) is 13.8 Å². The van der Waals surface area contributed by atoms with Crippen LogP contribution in [0, 0.1) is 8.99 Å². The van der Waals surface area contributed by atoms with E-state index in [4.69, 9.17) is 11.6 Å². The molecule has 1 aromatic heterocycles. The number of aromatic nitrogens is 2. The number of alkyl halides is 1. The molecule has 1 rings (SSSR count). The van der Waals surface area contributed by atoms with Gasteiger partial charge in [-0.3, -0.25) is 0 Å². The first-order chi connectivity index (χ1) is 7.53. The van der Waals surface area contributed by atoms with Crippen molar-refractivity contribution in [2.75, 3.05) is 17.7 Å². The molecule has 0 aliphatic heterocycles. The molecule has 0 bridgehead atoms. The van der Waals surface area contributed by atoms with E-state index in [-0.39, 0.29) is 5.41 Å². The second-order valence-corrected chi connectivity index (χ2v) is 6.16. The monoisotopic (exact) mass is 353 g/mol. The lowest BCUT2D eigenvalue weighted by molar-refractivity contribution is 0.355. The number of anilines is 1. The zero-order valence-electron chi connectivity index (χ0n) is 9.63. The highest BCUT2D eigenvalue weighted by molar-refractivity contribution is 14.1. The second kappa shape index (κ2) is 6.59. The molecule has 0 atom stereocenters. The second-order valence-electron chi connectivity index (χ2n) is 4.54. The normalized spacial score (nSPS) is 11.5. The van der Waals surface area contributed by atoms with Gasteiger partial charge in [-0.15, -0.1) is 11.6 Å². The molecule has 1 aromatic rings. The van der Waals surface area contributed by atoms with Crippen LogP contribution in [0.5, 0.6) is 0 Å². The Morgan fingerprint density at radius 3 is 2.56 bits per heavy atom. The fourth-order valence-corrected chi connectivity index (χ4v) is 1.77. The zero-order valence-corrected chi connectivity index (χ0v) is 12.5. The van der Waals surface area contributed by atoms with Crippen LogP contribution in [0.4, 0.5) is 5.95 Å². The van der Waals surface area contributed by atoms with Crippen LogP contribution in [-0.2, 0) is 0 Å². The molecule has 0 aliphatic rings. The number of hydrogen-bond acceptors (Lipinski definition) is 3. The van der Waals surface area contributed by atoms with Gasteiger partial charge in [-0.05, 0) is 40.8 Å². The van der Waals surface area contributed by atoms with Crippen LogP contribution < -0.4 is 5.32 Å². The van der Waals surface area contributed by atoms with E-state index in [1.807, 2.05) is 12.4 Å². The molecule has 0 radical (unpaired) electrons. The molecule has 90 valence electrons. The van der Waals surface area contributed by atoms with Crippen molar-refractivity contribution in [1.82, 2.24) is 9.97 Å². The Morgan fingerprint density at radius 1 is 1.38 bits per heavy atom.